The lowest BCUT2D eigenvalue weighted by Gasteiger charge is -2.30. The van der Waals surface area contributed by atoms with Crippen LogP contribution in [0.25, 0.3) is 0 Å². The molecule has 2 aliphatic rings. The van der Waals surface area contributed by atoms with E-state index in [1.807, 2.05) is 0 Å². The number of hydrogen-bond acceptors (Lipinski definition) is 2. The number of nitrogens with zero attached hydrogens (tertiary/aromatic N) is 1. The molecule has 28 heavy (non-hydrogen) atoms. The van der Waals surface area contributed by atoms with Crippen molar-refractivity contribution < 1.29 is 44.3 Å². The molecule has 3 rings (SSSR count). The Bertz CT molecular complexity index is 819. The molecule has 0 spiro atoms. The van der Waals surface area contributed by atoms with Crippen molar-refractivity contribution in [3.8, 4) is 0 Å². The summed E-state index contributed by atoms with van der Waals surface area (Å²) in [5.74, 6) is -18.8. The van der Waals surface area contributed by atoms with Crippen molar-refractivity contribution in [2.24, 2.45) is 0 Å². The normalized spacial score (nSPS) is 26.2. The van der Waals surface area contributed by atoms with Gasteiger partial charge >= 0.3 is 23.9 Å². The molecular weight excluding hydrogens is 425 g/mol. The second-order valence-corrected chi connectivity index (χ2v) is 7.21. The first-order chi connectivity index (χ1) is 12.7. The highest BCUT2D eigenvalue weighted by molar-refractivity contribution is 8.13. The van der Waals surface area contributed by atoms with Gasteiger partial charge in [-0.3, -0.25) is 9.69 Å². The zero-order valence-corrected chi connectivity index (χ0v) is 14.4. The Morgan fingerprint density at radius 2 is 1.57 bits per heavy atom. The van der Waals surface area contributed by atoms with Gasteiger partial charge in [-0.05, 0) is 12.0 Å². The Labute approximate surface area is 156 Å². The van der Waals surface area contributed by atoms with E-state index in [-0.39, 0.29) is 17.1 Å². The van der Waals surface area contributed by atoms with Crippen molar-refractivity contribution in [3.05, 3.63) is 47.2 Å². The molecule has 1 aliphatic heterocycles. The molecule has 0 bridgehead atoms. The van der Waals surface area contributed by atoms with E-state index in [0.717, 1.165) is 0 Å². The molecule has 0 aromatic heterocycles. The van der Waals surface area contributed by atoms with E-state index in [4.69, 9.17) is 0 Å². The van der Waals surface area contributed by atoms with E-state index in [2.05, 4.69) is 0 Å². The maximum absolute atomic E-state index is 14.2. The molecule has 2 nitrogen and oxygen atoms in total. The van der Waals surface area contributed by atoms with Crippen molar-refractivity contribution in [2.45, 2.75) is 36.4 Å². The van der Waals surface area contributed by atoms with Gasteiger partial charge in [-0.2, -0.15) is 39.5 Å². The maximum Gasteiger partial charge on any atom is 0.420 e. The topological polar surface area (TPSA) is 20.3 Å². The fraction of sp³-hybridized carbons (Fsp3) is 0.438. The van der Waals surface area contributed by atoms with Gasteiger partial charge in [0, 0.05) is 5.75 Å². The number of thioether (sulfide) groups is 1. The molecule has 0 N–H and O–H groups in total. The molecule has 1 atom stereocenters. The van der Waals surface area contributed by atoms with Crippen LogP contribution in [0, 0.1) is 0 Å². The van der Waals surface area contributed by atoms with E-state index in [1.165, 1.54) is 24.3 Å². The molecule has 1 aromatic rings. The third-order valence-electron chi connectivity index (χ3n) is 4.44. The van der Waals surface area contributed by atoms with Gasteiger partial charge in [-0.25, -0.2) is 0 Å². The summed E-state index contributed by atoms with van der Waals surface area (Å²) in [6, 6.07) is 6.16. The number of rotatable bonds is 3. The molecule has 1 aromatic carbocycles. The molecule has 1 amide bonds. The lowest BCUT2D eigenvalue weighted by molar-refractivity contribution is -0.275. The summed E-state index contributed by atoms with van der Waals surface area (Å²) >= 11 is 0.296. The van der Waals surface area contributed by atoms with Crippen molar-refractivity contribution in [1.82, 2.24) is 4.90 Å². The Morgan fingerprint density at radius 1 is 1.00 bits per heavy atom. The van der Waals surface area contributed by atoms with Crippen LogP contribution in [-0.2, 0) is 6.42 Å². The first-order valence-corrected chi connectivity index (χ1v) is 8.67. The average molecular weight is 435 g/mol. The Morgan fingerprint density at radius 3 is 2.11 bits per heavy atom. The predicted octanol–water partition coefficient (Wildman–Crippen LogP) is 5.50. The molecular formula is C16H10F9NOS. The molecule has 0 saturated carbocycles. The molecule has 1 fully saturated rings. The SMILES string of the molecule is O=C1SC[C@H](Cc2ccccc2)N1C1=C(C(F)(F)F)C(F)(F)C(F)(F)C1(F)F. The van der Waals surface area contributed by atoms with Gasteiger partial charge in [-0.1, -0.05) is 42.1 Å². The quantitative estimate of drug-likeness (QED) is 0.585. The van der Waals surface area contributed by atoms with Crippen LogP contribution < -0.4 is 0 Å². The van der Waals surface area contributed by atoms with Crippen LogP contribution in [-0.4, -0.2) is 45.9 Å². The third kappa shape index (κ3) is 2.87. The summed E-state index contributed by atoms with van der Waals surface area (Å²) in [7, 11) is 0. The van der Waals surface area contributed by atoms with Gasteiger partial charge in [-0.15, -0.1) is 0 Å². The first-order valence-electron chi connectivity index (χ1n) is 7.68. The lowest BCUT2D eigenvalue weighted by Crippen LogP contribution is -2.52. The van der Waals surface area contributed by atoms with Gasteiger partial charge in [0.25, 0.3) is 5.24 Å². The Hall–Kier alpha value is -1.85. The Kier molecular flexibility index (Phi) is 4.72. The summed E-state index contributed by atoms with van der Waals surface area (Å²) in [6.07, 6.45) is -6.48. The average Bonchev–Trinajstić information content (AvgIpc) is 2.95. The van der Waals surface area contributed by atoms with Crippen LogP contribution in [0.3, 0.4) is 0 Å². The van der Waals surface area contributed by atoms with E-state index in [9.17, 15) is 44.3 Å². The van der Waals surface area contributed by atoms with E-state index < -0.39 is 46.5 Å². The number of alkyl halides is 9. The largest absolute Gasteiger partial charge is 0.420 e. The van der Waals surface area contributed by atoms with Crippen molar-refractivity contribution in [1.29, 1.82) is 0 Å². The number of hydrogen-bond donors (Lipinski definition) is 0. The molecule has 12 heteroatoms. The second kappa shape index (κ2) is 6.33. The highest BCUT2D eigenvalue weighted by Crippen LogP contribution is 2.64. The molecule has 0 unspecified atom stereocenters. The summed E-state index contributed by atoms with van der Waals surface area (Å²) in [5, 5.41) is -1.43. The smallest absolute Gasteiger partial charge is 0.296 e. The molecule has 1 saturated heterocycles. The fourth-order valence-electron chi connectivity index (χ4n) is 3.16. The second-order valence-electron chi connectivity index (χ2n) is 6.24. The van der Waals surface area contributed by atoms with Crippen LogP contribution in [0.5, 0.6) is 0 Å². The molecule has 0 radical (unpaired) electrons. The van der Waals surface area contributed by atoms with E-state index in [0.29, 0.717) is 17.3 Å². The minimum atomic E-state index is -6.34. The number of halogens is 9. The summed E-state index contributed by atoms with van der Waals surface area (Å²) in [6.45, 7) is 0. The van der Waals surface area contributed by atoms with E-state index in [1.54, 1.807) is 6.07 Å². The van der Waals surface area contributed by atoms with Gasteiger partial charge in [0.1, 0.15) is 11.3 Å². The fourth-order valence-corrected chi connectivity index (χ4v) is 4.14. The number of carbonyl (C=O) groups excluding carboxylic acids is 1. The van der Waals surface area contributed by atoms with E-state index >= 15 is 0 Å². The highest BCUT2D eigenvalue weighted by Gasteiger charge is 2.85. The highest BCUT2D eigenvalue weighted by atomic mass is 32.2. The molecule has 1 heterocycles. The minimum absolute atomic E-state index is 0.241. The minimum Gasteiger partial charge on any atom is -0.296 e. The number of carbonyl (C=O) groups is 1. The maximum atomic E-state index is 14.2. The van der Waals surface area contributed by atoms with Gasteiger partial charge in [0.15, 0.2) is 0 Å². The van der Waals surface area contributed by atoms with Crippen LogP contribution in [0.4, 0.5) is 44.3 Å². The lowest BCUT2D eigenvalue weighted by atomic mass is 10.0. The van der Waals surface area contributed by atoms with Crippen molar-refractivity contribution in [3.63, 3.8) is 0 Å². The first kappa shape index (κ1) is 20.9. The van der Waals surface area contributed by atoms with Crippen LogP contribution in [0.15, 0.2) is 41.6 Å². The van der Waals surface area contributed by atoms with Crippen LogP contribution >= 0.6 is 11.8 Å². The zero-order valence-electron chi connectivity index (χ0n) is 13.5. The van der Waals surface area contributed by atoms with Crippen molar-refractivity contribution >= 4 is 17.0 Å². The summed E-state index contributed by atoms with van der Waals surface area (Å²) in [4.78, 5) is 11.8. The predicted molar refractivity (Wildman–Crippen MR) is 81.5 cm³/mol. The summed E-state index contributed by atoms with van der Waals surface area (Å²) in [5.41, 5.74) is -5.66. The van der Waals surface area contributed by atoms with Gasteiger partial charge < -0.3 is 0 Å². The van der Waals surface area contributed by atoms with Crippen LogP contribution in [0.2, 0.25) is 0 Å². The molecule has 1 aliphatic carbocycles. The third-order valence-corrected chi connectivity index (χ3v) is 5.43. The monoisotopic (exact) mass is 435 g/mol. The van der Waals surface area contributed by atoms with Crippen LogP contribution in [0.1, 0.15) is 5.56 Å². The summed E-state index contributed by atoms with van der Waals surface area (Å²) < 4.78 is 123. The number of benzene rings is 1. The number of allylic oxidation sites excluding steroid dienone is 2. The van der Waals surface area contributed by atoms with Crippen molar-refractivity contribution in [2.75, 3.05) is 5.75 Å². The zero-order chi connectivity index (χ0) is 21.1. The van der Waals surface area contributed by atoms with Gasteiger partial charge in [0.2, 0.25) is 0 Å². The Balaban J connectivity index is 2.17. The standard InChI is InChI=1S/C16H10F9NOS/c17-13(18)10(15(21,22)23)11(14(19,20)16(13,24)25)26-9(7-28-12(26)27)6-8-4-2-1-3-5-8/h1-5,9H,6-7H2/t9-/m0/s1. The molecule has 154 valence electrons. The number of amides is 1. The van der Waals surface area contributed by atoms with Gasteiger partial charge in [0.05, 0.1) is 6.04 Å².